The molecule has 0 bridgehead atoms. The number of hydrogen-bond acceptors (Lipinski definition) is 4. The molecule has 3 heterocycles. The Morgan fingerprint density at radius 1 is 1.21 bits per heavy atom. The Labute approximate surface area is 168 Å². The third-order valence-electron chi connectivity index (χ3n) is 5.39. The van der Waals surface area contributed by atoms with Gasteiger partial charge in [-0.05, 0) is 43.7 Å². The highest BCUT2D eigenvalue weighted by molar-refractivity contribution is 7.20. The van der Waals surface area contributed by atoms with Gasteiger partial charge in [-0.3, -0.25) is 14.2 Å². The number of aryl methyl sites for hydroxylation is 3. The van der Waals surface area contributed by atoms with Crippen molar-refractivity contribution in [3.63, 3.8) is 0 Å². The molecule has 5 nitrogen and oxygen atoms in total. The standard InChI is InChI=1S/C22H25N3O2S/c1-15-18-21(24-17-12-6-3-7-14-25(17)22(18)27)28-19(15)20(26)23-13-8-11-16-9-4-2-5-10-16/h2,4-5,9-10H,3,6-8,11-14H2,1H3,(H,23,26). The maximum Gasteiger partial charge on any atom is 0.262 e. The first-order valence-electron chi connectivity index (χ1n) is 10.00. The number of carbonyl (C=O) groups excluding carboxylic acids is 1. The molecule has 0 saturated heterocycles. The second-order valence-corrected chi connectivity index (χ2v) is 8.38. The van der Waals surface area contributed by atoms with Gasteiger partial charge in [0.1, 0.15) is 10.7 Å². The molecule has 6 heteroatoms. The SMILES string of the molecule is Cc1c(C(=O)NCCCc2ccccc2)sc2nc3n(c(=O)c12)CCCCC3. The fourth-order valence-corrected chi connectivity index (χ4v) is 4.95. The van der Waals surface area contributed by atoms with Crippen molar-refractivity contribution in [3.8, 4) is 0 Å². The van der Waals surface area contributed by atoms with E-state index in [0.29, 0.717) is 21.6 Å². The van der Waals surface area contributed by atoms with Crippen LogP contribution < -0.4 is 10.9 Å². The van der Waals surface area contributed by atoms with Crippen LogP contribution in [-0.4, -0.2) is 22.0 Å². The lowest BCUT2D eigenvalue weighted by molar-refractivity contribution is 0.0957. The van der Waals surface area contributed by atoms with E-state index in [1.165, 1.54) is 16.9 Å². The molecular weight excluding hydrogens is 370 g/mol. The summed E-state index contributed by atoms with van der Waals surface area (Å²) >= 11 is 1.34. The van der Waals surface area contributed by atoms with Gasteiger partial charge in [0, 0.05) is 19.5 Å². The van der Waals surface area contributed by atoms with Gasteiger partial charge < -0.3 is 5.32 Å². The smallest absolute Gasteiger partial charge is 0.262 e. The van der Waals surface area contributed by atoms with Crippen LogP contribution in [0.2, 0.25) is 0 Å². The lowest BCUT2D eigenvalue weighted by Gasteiger charge is -2.08. The second-order valence-electron chi connectivity index (χ2n) is 7.38. The van der Waals surface area contributed by atoms with Crippen molar-refractivity contribution in [1.29, 1.82) is 0 Å². The highest BCUT2D eigenvalue weighted by Crippen LogP contribution is 2.28. The van der Waals surface area contributed by atoms with Crippen molar-refractivity contribution in [2.45, 2.75) is 52.0 Å². The molecule has 1 aliphatic heterocycles. The number of aromatic nitrogens is 2. The van der Waals surface area contributed by atoms with E-state index in [4.69, 9.17) is 4.98 Å². The molecule has 1 aliphatic rings. The number of amides is 1. The first-order valence-corrected chi connectivity index (χ1v) is 10.8. The number of benzene rings is 1. The Kier molecular flexibility index (Phi) is 5.57. The molecule has 4 rings (SSSR count). The van der Waals surface area contributed by atoms with E-state index in [2.05, 4.69) is 17.4 Å². The molecule has 0 saturated carbocycles. The van der Waals surface area contributed by atoms with Gasteiger partial charge >= 0.3 is 0 Å². The van der Waals surface area contributed by atoms with E-state index in [-0.39, 0.29) is 11.5 Å². The predicted molar refractivity (Wildman–Crippen MR) is 113 cm³/mol. The highest BCUT2D eigenvalue weighted by atomic mass is 32.1. The topological polar surface area (TPSA) is 64.0 Å². The summed E-state index contributed by atoms with van der Waals surface area (Å²) in [5.41, 5.74) is 2.05. The van der Waals surface area contributed by atoms with E-state index in [1.54, 1.807) is 0 Å². The molecule has 1 aromatic carbocycles. The Balaban J connectivity index is 1.50. The van der Waals surface area contributed by atoms with Crippen molar-refractivity contribution < 1.29 is 4.79 Å². The Hall–Kier alpha value is -2.47. The highest BCUT2D eigenvalue weighted by Gasteiger charge is 2.22. The van der Waals surface area contributed by atoms with Gasteiger partial charge in [-0.2, -0.15) is 0 Å². The molecule has 0 unspecified atom stereocenters. The van der Waals surface area contributed by atoms with Crippen LogP contribution in [0.15, 0.2) is 35.1 Å². The summed E-state index contributed by atoms with van der Waals surface area (Å²) in [5, 5.41) is 3.62. The van der Waals surface area contributed by atoms with E-state index < -0.39 is 0 Å². The van der Waals surface area contributed by atoms with Crippen LogP contribution in [0.1, 0.15) is 52.3 Å². The molecule has 3 aromatic rings. The van der Waals surface area contributed by atoms with Gasteiger partial charge in [-0.15, -0.1) is 11.3 Å². The molecule has 1 amide bonds. The van der Waals surface area contributed by atoms with Gasteiger partial charge in [-0.1, -0.05) is 36.8 Å². The van der Waals surface area contributed by atoms with Gasteiger partial charge in [0.15, 0.2) is 0 Å². The van der Waals surface area contributed by atoms with Crippen molar-refractivity contribution in [2.75, 3.05) is 6.54 Å². The van der Waals surface area contributed by atoms with E-state index in [1.807, 2.05) is 29.7 Å². The molecule has 28 heavy (non-hydrogen) atoms. The first kappa shape index (κ1) is 18.9. The normalized spacial score (nSPS) is 13.9. The molecule has 0 fully saturated rings. The molecule has 0 atom stereocenters. The number of nitrogens with zero attached hydrogens (tertiary/aromatic N) is 2. The summed E-state index contributed by atoms with van der Waals surface area (Å²) in [7, 11) is 0. The first-order chi connectivity index (χ1) is 13.6. The van der Waals surface area contributed by atoms with Crippen molar-refractivity contribution in [1.82, 2.24) is 14.9 Å². The van der Waals surface area contributed by atoms with Crippen molar-refractivity contribution in [2.24, 2.45) is 0 Å². The van der Waals surface area contributed by atoms with Gasteiger partial charge in [0.05, 0.1) is 10.3 Å². The Morgan fingerprint density at radius 2 is 2.04 bits per heavy atom. The minimum absolute atomic E-state index is 0.0128. The molecule has 146 valence electrons. The third-order valence-corrected chi connectivity index (χ3v) is 6.57. The third kappa shape index (κ3) is 3.74. The van der Waals surface area contributed by atoms with Crippen LogP contribution >= 0.6 is 11.3 Å². The fourth-order valence-electron chi connectivity index (χ4n) is 3.85. The van der Waals surface area contributed by atoms with Crippen LogP contribution in [0.4, 0.5) is 0 Å². The summed E-state index contributed by atoms with van der Waals surface area (Å²) in [5.74, 6) is 0.763. The average Bonchev–Trinajstić information content (AvgIpc) is 2.88. The molecular formula is C22H25N3O2S. The largest absolute Gasteiger partial charge is 0.351 e. The minimum atomic E-state index is -0.104. The number of fused-ring (bicyclic) bond motifs is 2. The van der Waals surface area contributed by atoms with Crippen molar-refractivity contribution in [3.05, 3.63) is 62.5 Å². The molecule has 2 aromatic heterocycles. The van der Waals surface area contributed by atoms with E-state index in [0.717, 1.165) is 56.5 Å². The second kappa shape index (κ2) is 8.27. The van der Waals surface area contributed by atoms with Crippen LogP contribution in [0, 0.1) is 6.92 Å². The van der Waals surface area contributed by atoms with Gasteiger partial charge in [-0.25, -0.2) is 4.98 Å². The molecule has 0 aliphatic carbocycles. The summed E-state index contributed by atoms with van der Waals surface area (Å²) in [6.45, 7) is 3.21. The summed E-state index contributed by atoms with van der Waals surface area (Å²) in [6.07, 6.45) is 5.86. The number of hydrogen-bond donors (Lipinski definition) is 1. The maximum atomic E-state index is 13.0. The zero-order valence-electron chi connectivity index (χ0n) is 16.2. The van der Waals surface area contributed by atoms with Crippen LogP contribution in [0.25, 0.3) is 10.2 Å². The number of carbonyl (C=O) groups is 1. The number of nitrogens with one attached hydrogen (secondary N) is 1. The predicted octanol–water partition coefficient (Wildman–Crippen LogP) is 3.86. The van der Waals surface area contributed by atoms with E-state index in [9.17, 15) is 9.59 Å². The lowest BCUT2D eigenvalue weighted by atomic mass is 10.1. The van der Waals surface area contributed by atoms with Gasteiger partial charge in [0.2, 0.25) is 0 Å². The fraction of sp³-hybridized carbons (Fsp3) is 0.409. The van der Waals surface area contributed by atoms with Crippen LogP contribution in [-0.2, 0) is 19.4 Å². The lowest BCUT2D eigenvalue weighted by Crippen LogP contribution is -2.25. The Morgan fingerprint density at radius 3 is 2.86 bits per heavy atom. The van der Waals surface area contributed by atoms with Crippen LogP contribution in [0.5, 0.6) is 0 Å². The molecule has 0 radical (unpaired) electrons. The van der Waals surface area contributed by atoms with Gasteiger partial charge in [0.25, 0.3) is 11.5 Å². The minimum Gasteiger partial charge on any atom is -0.351 e. The average molecular weight is 396 g/mol. The quantitative estimate of drug-likeness (QED) is 0.667. The molecule has 1 N–H and O–H groups in total. The maximum absolute atomic E-state index is 13.0. The summed E-state index contributed by atoms with van der Waals surface area (Å²) in [6, 6.07) is 10.3. The summed E-state index contributed by atoms with van der Waals surface area (Å²) in [4.78, 5) is 31.7. The summed E-state index contributed by atoms with van der Waals surface area (Å²) < 4.78 is 1.82. The number of rotatable bonds is 5. The monoisotopic (exact) mass is 395 g/mol. The Bertz CT molecular complexity index is 1050. The zero-order valence-corrected chi connectivity index (χ0v) is 17.0. The van der Waals surface area contributed by atoms with Crippen LogP contribution in [0.3, 0.4) is 0 Å². The zero-order chi connectivity index (χ0) is 19.5. The number of thiophene rings is 1. The van der Waals surface area contributed by atoms with E-state index >= 15 is 0 Å². The molecule has 0 spiro atoms. The van der Waals surface area contributed by atoms with Crippen molar-refractivity contribution >= 4 is 27.5 Å².